The molecule has 134 valence electrons. The summed E-state index contributed by atoms with van der Waals surface area (Å²) in [6.07, 6.45) is 0.960. The number of methoxy groups -OCH3 is 1. The molecule has 1 amide bonds. The Morgan fingerprint density at radius 3 is 2.80 bits per heavy atom. The van der Waals surface area contributed by atoms with Gasteiger partial charge in [0.05, 0.1) is 7.11 Å². The summed E-state index contributed by atoms with van der Waals surface area (Å²) < 4.78 is 5.16. The average molecular weight is 360 g/mol. The van der Waals surface area contributed by atoms with E-state index in [1.165, 1.54) is 11.3 Å². The maximum absolute atomic E-state index is 12.2. The minimum atomic E-state index is -0.101. The van der Waals surface area contributed by atoms with Crippen LogP contribution in [0, 0.1) is 0 Å². The first-order valence-electron chi connectivity index (χ1n) is 8.57. The third kappa shape index (κ3) is 5.01. The molecule has 2 N–H and O–H groups in total. The zero-order valence-corrected chi connectivity index (χ0v) is 15.3. The minimum Gasteiger partial charge on any atom is -0.497 e. The third-order valence-corrected chi connectivity index (χ3v) is 5.11. The lowest BCUT2D eigenvalue weighted by Gasteiger charge is -2.26. The van der Waals surface area contributed by atoms with Gasteiger partial charge in [-0.05, 0) is 37.2 Å². The fraction of sp³-hybridized carbons (Fsp3) is 0.444. The van der Waals surface area contributed by atoms with Gasteiger partial charge in [-0.1, -0.05) is 0 Å². The molecule has 3 rings (SSSR count). The van der Waals surface area contributed by atoms with Gasteiger partial charge in [0, 0.05) is 43.7 Å². The second-order valence-electron chi connectivity index (χ2n) is 5.97. The van der Waals surface area contributed by atoms with E-state index in [0.717, 1.165) is 55.5 Å². The van der Waals surface area contributed by atoms with Crippen molar-refractivity contribution in [1.29, 1.82) is 0 Å². The lowest BCUT2D eigenvalue weighted by atomic mass is 10.2. The van der Waals surface area contributed by atoms with Gasteiger partial charge < -0.3 is 20.3 Å². The van der Waals surface area contributed by atoms with Crippen molar-refractivity contribution in [1.82, 2.24) is 20.5 Å². The van der Waals surface area contributed by atoms with E-state index in [1.54, 1.807) is 7.11 Å². The standard InChI is InChI=1S/C18H24N4O2S/c1-24-15-5-3-14(4-6-15)18-21-16(13-25-18)17(23)20-7-2-10-22-11-8-19-9-12-22/h3-6,13,19H,2,7-12H2,1H3,(H,20,23). The van der Waals surface area contributed by atoms with Crippen molar-refractivity contribution in [2.24, 2.45) is 0 Å². The number of piperazine rings is 1. The predicted molar refractivity (Wildman–Crippen MR) is 100 cm³/mol. The van der Waals surface area contributed by atoms with E-state index >= 15 is 0 Å². The van der Waals surface area contributed by atoms with Gasteiger partial charge in [-0.15, -0.1) is 11.3 Å². The van der Waals surface area contributed by atoms with Gasteiger partial charge in [0.2, 0.25) is 0 Å². The van der Waals surface area contributed by atoms with Gasteiger partial charge in [-0.25, -0.2) is 4.98 Å². The molecule has 1 fully saturated rings. The highest BCUT2D eigenvalue weighted by atomic mass is 32.1. The van der Waals surface area contributed by atoms with Crippen LogP contribution in [-0.2, 0) is 0 Å². The number of nitrogens with zero attached hydrogens (tertiary/aromatic N) is 2. The van der Waals surface area contributed by atoms with Crippen molar-refractivity contribution in [3.05, 3.63) is 35.3 Å². The van der Waals surface area contributed by atoms with E-state index in [9.17, 15) is 4.79 Å². The quantitative estimate of drug-likeness (QED) is 0.738. The second-order valence-corrected chi connectivity index (χ2v) is 6.83. The van der Waals surface area contributed by atoms with E-state index in [2.05, 4.69) is 20.5 Å². The molecule has 1 aliphatic rings. The summed E-state index contributed by atoms with van der Waals surface area (Å²) in [6, 6.07) is 7.69. The number of amides is 1. The van der Waals surface area contributed by atoms with E-state index in [0.29, 0.717) is 12.2 Å². The van der Waals surface area contributed by atoms with Crippen LogP contribution >= 0.6 is 11.3 Å². The number of hydrogen-bond donors (Lipinski definition) is 2. The highest BCUT2D eigenvalue weighted by molar-refractivity contribution is 7.13. The Morgan fingerprint density at radius 1 is 1.32 bits per heavy atom. The van der Waals surface area contributed by atoms with Crippen molar-refractivity contribution in [2.75, 3.05) is 46.4 Å². The minimum absolute atomic E-state index is 0.101. The number of benzene rings is 1. The van der Waals surface area contributed by atoms with Crippen molar-refractivity contribution >= 4 is 17.2 Å². The maximum Gasteiger partial charge on any atom is 0.270 e. The number of nitrogens with one attached hydrogen (secondary N) is 2. The van der Waals surface area contributed by atoms with Gasteiger partial charge in [0.1, 0.15) is 16.5 Å². The maximum atomic E-state index is 12.2. The molecule has 0 unspecified atom stereocenters. The Kier molecular flexibility index (Phi) is 6.38. The largest absolute Gasteiger partial charge is 0.497 e. The molecule has 0 bridgehead atoms. The van der Waals surface area contributed by atoms with Crippen LogP contribution in [-0.4, -0.2) is 62.2 Å². The summed E-state index contributed by atoms with van der Waals surface area (Å²) in [4.78, 5) is 19.1. The third-order valence-electron chi connectivity index (χ3n) is 4.22. The lowest BCUT2D eigenvalue weighted by Crippen LogP contribution is -2.44. The normalized spacial score (nSPS) is 15.1. The molecule has 1 aromatic carbocycles. The number of carbonyl (C=O) groups is 1. The molecule has 2 heterocycles. The van der Waals surface area contributed by atoms with Gasteiger partial charge in [-0.2, -0.15) is 0 Å². The summed E-state index contributed by atoms with van der Waals surface area (Å²) in [5.41, 5.74) is 1.47. The van der Waals surface area contributed by atoms with Crippen molar-refractivity contribution in [2.45, 2.75) is 6.42 Å². The molecule has 0 spiro atoms. The highest BCUT2D eigenvalue weighted by Gasteiger charge is 2.12. The monoisotopic (exact) mass is 360 g/mol. The summed E-state index contributed by atoms with van der Waals surface area (Å²) in [5, 5.41) is 8.96. The number of aromatic nitrogens is 1. The second kappa shape index (κ2) is 8.94. The molecular weight excluding hydrogens is 336 g/mol. The Bertz CT molecular complexity index is 681. The number of thiazole rings is 1. The van der Waals surface area contributed by atoms with Gasteiger partial charge >= 0.3 is 0 Å². The van der Waals surface area contributed by atoms with Crippen LogP contribution in [0.15, 0.2) is 29.6 Å². The molecule has 0 saturated carbocycles. The Morgan fingerprint density at radius 2 is 2.08 bits per heavy atom. The fourth-order valence-electron chi connectivity index (χ4n) is 2.77. The molecule has 0 atom stereocenters. The van der Waals surface area contributed by atoms with Crippen molar-refractivity contribution < 1.29 is 9.53 Å². The van der Waals surface area contributed by atoms with Crippen LogP contribution in [0.5, 0.6) is 5.75 Å². The molecule has 2 aromatic rings. The SMILES string of the molecule is COc1ccc(-c2nc(C(=O)NCCCN3CCNCC3)cs2)cc1. The Balaban J connectivity index is 1.46. The number of hydrogen-bond acceptors (Lipinski definition) is 6. The summed E-state index contributed by atoms with van der Waals surface area (Å²) in [7, 11) is 1.64. The zero-order chi connectivity index (χ0) is 17.5. The van der Waals surface area contributed by atoms with Crippen LogP contribution in [0.2, 0.25) is 0 Å². The molecule has 1 aromatic heterocycles. The van der Waals surface area contributed by atoms with Crippen LogP contribution in [0.25, 0.3) is 10.6 Å². The van der Waals surface area contributed by atoms with E-state index in [-0.39, 0.29) is 5.91 Å². The Hall–Kier alpha value is -1.96. The van der Waals surface area contributed by atoms with E-state index in [4.69, 9.17) is 4.74 Å². The predicted octanol–water partition coefficient (Wildman–Crippen LogP) is 1.84. The summed E-state index contributed by atoms with van der Waals surface area (Å²) in [5.74, 6) is 0.707. The number of rotatable bonds is 7. The molecule has 1 aliphatic heterocycles. The molecule has 6 nitrogen and oxygen atoms in total. The highest BCUT2D eigenvalue weighted by Crippen LogP contribution is 2.25. The van der Waals surface area contributed by atoms with Crippen LogP contribution in [0.3, 0.4) is 0 Å². The summed E-state index contributed by atoms with van der Waals surface area (Å²) in [6.45, 7) is 5.99. The number of ether oxygens (including phenoxy) is 1. The molecule has 25 heavy (non-hydrogen) atoms. The van der Waals surface area contributed by atoms with Gasteiger partial charge in [0.25, 0.3) is 5.91 Å². The average Bonchev–Trinajstić information content (AvgIpc) is 3.16. The van der Waals surface area contributed by atoms with Crippen molar-refractivity contribution in [3.63, 3.8) is 0 Å². The first-order valence-corrected chi connectivity index (χ1v) is 9.45. The van der Waals surface area contributed by atoms with E-state index in [1.807, 2.05) is 29.6 Å². The van der Waals surface area contributed by atoms with Crippen LogP contribution in [0.1, 0.15) is 16.9 Å². The first-order chi connectivity index (χ1) is 12.3. The zero-order valence-electron chi connectivity index (χ0n) is 14.5. The number of carbonyl (C=O) groups excluding carboxylic acids is 1. The van der Waals surface area contributed by atoms with Crippen molar-refractivity contribution in [3.8, 4) is 16.3 Å². The molecule has 0 radical (unpaired) electrons. The Labute approximate surface area is 152 Å². The topological polar surface area (TPSA) is 66.5 Å². The molecule has 7 heteroatoms. The molecule has 1 saturated heterocycles. The smallest absolute Gasteiger partial charge is 0.270 e. The lowest BCUT2D eigenvalue weighted by molar-refractivity contribution is 0.0947. The van der Waals surface area contributed by atoms with Gasteiger partial charge in [0.15, 0.2) is 0 Å². The van der Waals surface area contributed by atoms with Crippen LogP contribution < -0.4 is 15.4 Å². The van der Waals surface area contributed by atoms with Crippen LogP contribution in [0.4, 0.5) is 0 Å². The van der Waals surface area contributed by atoms with Gasteiger partial charge in [-0.3, -0.25) is 4.79 Å². The van der Waals surface area contributed by atoms with E-state index < -0.39 is 0 Å². The fourth-order valence-corrected chi connectivity index (χ4v) is 3.58. The first kappa shape index (κ1) is 17.8. The molecular formula is C18H24N4O2S. The molecule has 0 aliphatic carbocycles. The summed E-state index contributed by atoms with van der Waals surface area (Å²) >= 11 is 1.48.